The lowest BCUT2D eigenvalue weighted by molar-refractivity contribution is 0.164. The highest BCUT2D eigenvalue weighted by molar-refractivity contribution is 5.36. The Morgan fingerprint density at radius 3 is 2.80 bits per heavy atom. The van der Waals surface area contributed by atoms with Crippen LogP contribution in [0.3, 0.4) is 0 Å². The number of aliphatic hydroxyl groups excluding tert-OH is 1. The van der Waals surface area contributed by atoms with Crippen LogP contribution in [0, 0.1) is 5.92 Å². The molecule has 2 aromatic heterocycles. The SMILES string of the molecule is NNc1nc(NCC(O)C2CC2)nc(-n2cncn2)n1. The van der Waals surface area contributed by atoms with E-state index in [1.807, 2.05) is 0 Å². The summed E-state index contributed by atoms with van der Waals surface area (Å²) in [5, 5.41) is 16.7. The molecule has 2 aromatic rings. The van der Waals surface area contributed by atoms with E-state index >= 15 is 0 Å². The molecule has 0 bridgehead atoms. The Kier molecular flexibility index (Phi) is 3.39. The van der Waals surface area contributed by atoms with Gasteiger partial charge in [-0.15, -0.1) is 0 Å². The number of hydrogen-bond acceptors (Lipinski definition) is 9. The second-order valence-electron chi connectivity index (χ2n) is 4.55. The molecule has 1 saturated carbocycles. The van der Waals surface area contributed by atoms with Crippen molar-refractivity contribution in [3.63, 3.8) is 0 Å². The molecule has 10 heteroatoms. The fraction of sp³-hybridized carbons (Fsp3) is 0.500. The summed E-state index contributed by atoms with van der Waals surface area (Å²) in [7, 11) is 0. The maximum absolute atomic E-state index is 9.83. The van der Waals surface area contributed by atoms with Crippen molar-refractivity contribution in [2.75, 3.05) is 17.3 Å². The summed E-state index contributed by atoms with van der Waals surface area (Å²) < 4.78 is 1.39. The van der Waals surface area contributed by atoms with E-state index in [0.717, 1.165) is 12.8 Å². The topological polar surface area (TPSA) is 140 Å². The Morgan fingerprint density at radius 1 is 1.35 bits per heavy atom. The van der Waals surface area contributed by atoms with Crippen molar-refractivity contribution in [3.8, 4) is 5.95 Å². The number of anilines is 2. The van der Waals surface area contributed by atoms with Crippen LogP contribution < -0.4 is 16.6 Å². The molecule has 0 aliphatic heterocycles. The summed E-state index contributed by atoms with van der Waals surface area (Å²) in [5.41, 5.74) is 2.37. The van der Waals surface area contributed by atoms with Crippen LogP contribution in [0.25, 0.3) is 5.95 Å². The van der Waals surface area contributed by atoms with Gasteiger partial charge in [0.25, 0.3) is 5.95 Å². The third-order valence-corrected chi connectivity index (χ3v) is 3.01. The zero-order valence-electron chi connectivity index (χ0n) is 10.6. The van der Waals surface area contributed by atoms with E-state index in [1.165, 1.54) is 17.3 Å². The summed E-state index contributed by atoms with van der Waals surface area (Å²) in [6, 6.07) is 0. The molecule has 10 nitrogen and oxygen atoms in total. The molecule has 0 aromatic carbocycles. The minimum absolute atomic E-state index is 0.203. The molecular weight excluding hydrogens is 262 g/mol. The van der Waals surface area contributed by atoms with Gasteiger partial charge in [0.2, 0.25) is 11.9 Å². The highest BCUT2D eigenvalue weighted by Crippen LogP contribution is 2.32. The van der Waals surface area contributed by atoms with Gasteiger partial charge in [0, 0.05) is 6.54 Å². The van der Waals surface area contributed by atoms with Gasteiger partial charge >= 0.3 is 0 Å². The number of nitrogens with two attached hydrogens (primary N) is 1. The van der Waals surface area contributed by atoms with Crippen LogP contribution in [0.15, 0.2) is 12.7 Å². The lowest BCUT2D eigenvalue weighted by atomic mass is 10.2. The van der Waals surface area contributed by atoms with Crippen molar-refractivity contribution < 1.29 is 5.11 Å². The Bertz CT molecular complexity index is 568. The predicted octanol–water partition coefficient (Wildman–Crippen LogP) is -1.08. The second-order valence-corrected chi connectivity index (χ2v) is 4.55. The minimum atomic E-state index is -0.393. The minimum Gasteiger partial charge on any atom is -0.391 e. The van der Waals surface area contributed by atoms with Crippen LogP contribution in [-0.2, 0) is 0 Å². The first-order chi connectivity index (χ1) is 9.76. The molecule has 1 unspecified atom stereocenters. The standard InChI is InChI=1S/C10H15N9O/c11-18-9-15-8(13-3-7(20)6-1-2-6)16-10(17-9)19-5-12-4-14-19/h4-7,20H,1-3,11H2,(H2,13,15,16,17,18). The van der Waals surface area contributed by atoms with Crippen molar-refractivity contribution in [3.05, 3.63) is 12.7 Å². The van der Waals surface area contributed by atoms with Crippen LogP contribution in [0.1, 0.15) is 12.8 Å². The van der Waals surface area contributed by atoms with Gasteiger partial charge in [0.15, 0.2) is 0 Å². The molecule has 5 N–H and O–H groups in total. The van der Waals surface area contributed by atoms with Gasteiger partial charge in [-0.1, -0.05) is 0 Å². The maximum atomic E-state index is 9.83. The van der Waals surface area contributed by atoms with Crippen molar-refractivity contribution in [2.45, 2.75) is 18.9 Å². The monoisotopic (exact) mass is 277 g/mol. The molecule has 0 radical (unpaired) electrons. The second kappa shape index (κ2) is 5.35. The van der Waals surface area contributed by atoms with Crippen LogP contribution in [0.5, 0.6) is 0 Å². The van der Waals surface area contributed by atoms with Crippen molar-refractivity contribution in [2.24, 2.45) is 11.8 Å². The van der Waals surface area contributed by atoms with Gasteiger partial charge < -0.3 is 10.4 Å². The number of rotatable bonds is 6. The van der Waals surface area contributed by atoms with Crippen LogP contribution in [-0.4, -0.2) is 47.5 Å². The largest absolute Gasteiger partial charge is 0.391 e. The Labute approximate surface area is 114 Å². The quantitative estimate of drug-likeness (QED) is 0.383. The van der Waals surface area contributed by atoms with E-state index in [2.05, 4.69) is 35.8 Å². The normalized spacial score (nSPS) is 15.9. The van der Waals surface area contributed by atoms with E-state index in [0.29, 0.717) is 18.4 Å². The maximum Gasteiger partial charge on any atom is 0.258 e. The number of hydrazine groups is 1. The van der Waals surface area contributed by atoms with Crippen molar-refractivity contribution in [1.82, 2.24) is 29.7 Å². The first kappa shape index (κ1) is 12.7. The molecule has 0 spiro atoms. The summed E-state index contributed by atoms with van der Waals surface area (Å²) in [4.78, 5) is 16.2. The molecule has 0 saturated heterocycles. The number of nitrogens with zero attached hydrogens (tertiary/aromatic N) is 6. The predicted molar refractivity (Wildman–Crippen MR) is 69.8 cm³/mol. The number of aromatic nitrogens is 6. The van der Waals surface area contributed by atoms with Gasteiger partial charge in [0.1, 0.15) is 12.7 Å². The lowest BCUT2D eigenvalue weighted by Crippen LogP contribution is -2.23. The molecular formula is C10H15N9O. The Morgan fingerprint density at radius 2 is 2.15 bits per heavy atom. The average molecular weight is 277 g/mol. The van der Waals surface area contributed by atoms with E-state index in [9.17, 15) is 5.11 Å². The molecule has 2 heterocycles. The first-order valence-corrected chi connectivity index (χ1v) is 6.26. The zero-order valence-corrected chi connectivity index (χ0v) is 10.6. The van der Waals surface area contributed by atoms with Gasteiger partial charge in [-0.05, 0) is 18.8 Å². The first-order valence-electron chi connectivity index (χ1n) is 6.26. The molecule has 1 fully saturated rings. The number of nitrogen functional groups attached to an aromatic ring is 1. The fourth-order valence-electron chi connectivity index (χ4n) is 1.77. The van der Waals surface area contributed by atoms with Crippen molar-refractivity contribution in [1.29, 1.82) is 0 Å². The van der Waals surface area contributed by atoms with Gasteiger partial charge in [-0.2, -0.15) is 24.7 Å². The lowest BCUT2D eigenvalue weighted by Gasteiger charge is -2.11. The Balaban J connectivity index is 1.77. The number of aliphatic hydroxyl groups is 1. The summed E-state index contributed by atoms with van der Waals surface area (Å²) in [6.45, 7) is 0.384. The average Bonchev–Trinajstić information content (AvgIpc) is 3.19. The van der Waals surface area contributed by atoms with Crippen LogP contribution >= 0.6 is 0 Å². The van der Waals surface area contributed by atoms with Crippen LogP contribution in [0.4, 0.5) is 11.9 Å². The molecule has 3 rings (SSSR count). The molecule has 1 aliphatic rings. The summed E-state index contributed by atoms with van der Waals surface area (Å²) in [6.07, 6.45) is 4.59. The molecule has 1 atom stereocenters. The zero-order chi connectivity index (χ0) is 13.9. The smallest absolute Gasteiger partial charge is 0.258 e. The van der Waals surface area contributed by atoms with Crippen LogP contribution in [0.2, 0.25) is 0 Å². The van der Waals surface area contributed by atoms with Gasteiger partial charge in [-0.25, -0.2) is 10.8 Å². The Hall–Kier alpha value is -2.33. The molecule has 0 amide bonds. The third kappa shape index (κ3) is 2.81. The fourth-order valence-corrected chi connectivity index (χ4v) is 1.77. The molecule has 20 heavy (non-hydrogen) atoms. The molecule has 1 aliphatic carbocycles. The number of hydrogen-bond donors (Lipinski definition) is 4. The third-order valence-electron chi connectivity index (χ3n) is 3.01. The highest BCUT2D eigenvalue weighted by Gasteiger charge is 2.29. The number of nitrogens with one attached hydrogen (secondary N) is 2. The van der Waals surface area contributed by atoms with E-state index in [4.69, 9.17) is 5.84 Å². The summed E-state index contributed by atoms with van der Waals surface area (Å²) in [5.74, 6) is 6.52. The van der Waals surface area contributed by atoms with E-state index in [1.54, 1.807) is 0 Å². The van der Waals surface area contributed by atoms with Gasteiger partial charge in [-0.3, -0.25) is 5.43 Å². The van der Waals surface area contributed by atoms with E-state index in [-0.39, 0.29) is 11.9 Å². The van der Waals surface area contributed by atoms with Crippen molar-refractivity contribution >= 4 is 11.9 Å². The van der Waals surface area contributed by atoms with Gasteiger partial charge in [0.05, 0.1) is 6.10 Å². The highest BCUT2D eigenvalue weighted by atomic mass is 16.3. The molecule has 106 valence electrons. The van der Waals surface area contributed by atoms with E-state index < -0.39 is 6.10 Å². The summed E-state index contributed by atoms with van der Waals surface area (Å²) >= 11 is 0.